The van der Waals surface area contributed by atoms with Crippen molar-refractivity contribution in [1.82, 2.24) is 0 Å². The summed E-state index contributed by atoms with van der Waals surface area (Å²) >= 11 is 0. The molecule has 0 rings (SSSR count). The van der Waals surface area contributed by atoms with Gasteiger partial charge in [-0.25, -0.2) is 4.79 Å². The summed E-state index contributed by atoms with van der Waals surface area (Å²) < 4.78 is 26.9. The lowest BCUT2D eigenvalue weighted by Gasteiger charge is -2.32. The summed E-state index contributed by atoms with van der Waals surface area (Å²) in [5, 5.41) is 0. The van der Waals surface area contributed by atoms with Crippen LogP contribution >= 0.6 is 0 Å². The molecule has 6 nitrogen and oxygen atoms in total. The minimum Gasteiger partial charge on any atom is -0.490 e. The summed E-state index contributed by atoms with van der Waals surface area (Å²) in [6, 6.07) is 0. The van der Waals surface area contributed by atoms with Crippen molar-refractivity contribution in [2.75, 3.05) is 33.0 Å². The quantitative estimate of drug-likeness (QED) is 0.181. The molecular weight excluding hydrogens is 276 g/mol. The number of carbonyl (C=O) groups excluding carboxylic acids is 1. The largest absolute Gasteiger partial charge is 0.490 e. The van der Waals surface area contributed by atoms with Crippen molar-refractivity contribution in [3.8, 4) is 0 Å². The van der Waals surface area contributed by atoms with Gasteiger partial charge in [0.1, 0.15) is 6.61 Å². The fourth-order valence-electron chi connectivity index (χ4n) is 1.36. The molecule has 0 amide bonds. The number of esters is 1. The Bertz CT molecular complexity index is 344. The highest BCUT2D eigenvalue weighted by Gasteiger charge is 2.34. The highest BCUT2D eigenvalue weighted by Crippen LogP contribution is 2.17. The molecular formula is C15H26O6. The molecule has 0 saturated carbocycles. The maximum Gasteiger partial charge on any atom is 0.333 e. The molecule has 0 N–H and O–H groups in total. The summed E-state index contributed by atoms with van der Waals surface area (Å²) in [7, 11) is 0. The second-order valence-corrected chi connectivity index (χ2v) is 4.30. The Balaban J connectivity index is 4.46. The number of rotatable bonds is 12. The van der Waals surface area contributed by atoms with Crippen LogP contribution in [-0.4, -0.2) is 45.0 Å². The first-order valence-corrected chi connectivity index (χ1v) is 6.89. The number of allylic oxidation sites excluding steroid dienone is 1. The standard InChI is InChI=1S/C15H26O6/c1-7-19-15(20-8-2,11-18-13(5)6)21-10-9-17-14(16)12(3)4/h3,5,7-11H2,1-2,4,6H3. The first-order valence-electron chi connectivity index (χ1n) is 6.89. The molecule has 0 fully saturated rings. The van der Waals surface area contributed by atoms with E-state index in [0.717, 1.165) is 0 Å². The van der Waals surface area contributed by atoms with Crippen LogP contribution in [0.1, 0.15) is 27.7 Å². The first kappa shape index (κ1) is 19.6. The molecule has 21 heavy (non-hydrogen) atoms. The molecule has 0 saturated heterocycles. The molecule has 0 aliphatic rings. The zero-order chi connectivity index (χ0) is 16.3. The fourth-order valence-corrected chi connectivity index (χ4v) is 1.36. The van der Waals surface area contributed by atoms with Crippen LogP contribution in [0.15, 0.2) is 24.5 Å². The normalized spacial score (nSPS) is 11.0. The third kappa shape index (κ3) is 8.49. The zero-order valence-electron chi connectivity index (χ0n) is 13.4. The smallest absolute Gasteiger partial charge is 0.333 e. The lowest BCUT2D eigenvalue weighted by molar-refractivity contribution is -0.391. The van der Waals surface area contributed by atoms with Crippen LogP contribution in [0.3, 0.4) is 0 Å². The van der Waals surface area contributed by atoms with Gasteiger partial charge in [-0.15, -0.1) is 0 Å². The maximum absolute atomic E-state index is 11.3. The van der Waals surface area contributed by atoms with Crippen molar-refractivity contribution < 1.29 is 28.5 Å². The Kier molecular flexibility index (Phi) is 9.69. The van der Waals surface area contributed by atoms with E-state index >= 15 is 0 Å². The number of hydrogen-bond acceptors (Lipinski definition) is 6. The SMILES string of the molecule is C=C(C)OCC(OCC)(OCC)OCCOC(=O)C(=C)C. The molecule has 0 unspecified atom stereocenters. The predicted octanol–water partition coefficient (Wildman–Crippen LogP) is 2.40. The minimum atomic E-state index is -1.34. The van der Waals surface area contributed by atoms with Gasteiger partial charge in [0.15, 0.2) is 6.61 Å². The molecule has 0 aromatic heterocycles. The molecule has 0 aliphatic heterocycles. The lowest BCUT2D eigenvalue weighted by Crippen LogP contribution is -2.44. The van der Waals surface area contributed by atoms with E-state index in [9.17, 15) is 4.79 Å². The highest BCUT2D eigenvalue weighted by atomic mass is 16.9. The van der Waals surface area contributed by atoms with Gasteiger partial charge in [-0.05, 0) is 27.7 Å². The van der Waals surface area contributed by atoms with E-state index < -0.39 is 11.9 Å². The average Bonchev–Trinajstić information content (AvgIpc) is 2.41. The maximum atomic E-state index is 11.3. The Hall–Kier alpha value is -1.37. The van der Waals surface area contributed by atoms with Crippen LogP contribution in [0, 0.1) is 0 Å². The highest BCUT2D eigenvalue weighted by molar-refractivity contribution is 5.86. The van der Waals surface area contributed by atoms with Gasteiger partial charge in [-0.3, -0.25) is 0 Å². The van der Waals surface area contributed by atoms with Crippen LogP contribution in [0.25, 0.3) is 0 Å². The van der Waals surface area contributed by atoms with Crippen molar-refractivity contribution in [3.05, 3.63) is 24.5 Å². The van der Waals surface area contributed by atoms with Crippen LogP contribution < -0.4 is 0 Å². The van der Waals surface area contributed by atoms with E-state index in [2.05, 4.69) is 13.2 Å². The third-order valence-electron chi connectivity index (χ3n) is 2.21. The summed E-state index contributed by atoms with van der Waals surface area (Å²) in [5.41, 5.74) is 0.335. The van der Waals surface area contributed by atoms with Crippen LogP contribution in [-0.2, 0) is 28.5 Å². The van der Waals surface area contributed by atoms with Crippen LogP contribution in [0.4, 0.5) is 0 Å². The molecule has 0 bridgehead atoms. The molecule has 0 radical (unpaired) electrons. The monoisotopic (exact) mass is 302 g/mol. The molecule has 122 valence electrons. The summed E-state index contributed by atoms with van der Waals surface area (Å²) in [6.45, 7) is 15.1. The van der Waals surface area contributed by atoms with Gasteiger partial charge < -0.3 is 23.7 Å². The van der Waals surface area contributed by atoms with Gasteiger partial charge in [-0.2, -0.15) is 0 Å². The molecule has 6 heteroatoms. The van der Waals surface area contributed by atoms with Crippen molar-refractivity contribution in [2.24, 2.45) is 0 Å². The van der Waals surface area contributed by atoms with E-state index in [1.54, 1.807) is 13.8 Å². The van der Waals surface area contributed by atoms with E-state index in [1.165, 1.54) is 0 Å². The Morgan fingerprint density at radius 3 is 1.95 bits per heavy atom. The Morgan fingerprint density at radius 1 is 0.952 bits per heavy atom. The summed E-state index contributed by atoms with van der Waals surface area (Å²) in [4.78, 5) is 11.3. The van der Waals surface area contributed by atoms with E-state index in [0.29, 0.717) is 24.5 Å². The van der Waals surface area contributed by atoms with E-state index in [-0.39, 0.29) is 19.8 Å². The van der Waals surface area contributed by atoms with Gasteiger partial charge in [0.2, 0.25) is 0 Å². The zero-order valence-corrected chi connectivity index (χ0v) is 13.4. The average molecular weight is 302 g/mol. The Labute approximate surface area is 126 Å². The molecule has 0 aromatic carbocycles. The van der Waals surface area contributed by atoms with Gasteiger partial charge in [0.25, 0.3) is 0 Å². The van der Waals surface area contributed by atoms with Gasteiger partial charge in [0.05, 0.1) is 12.4 Å². The predicted molar refractivity (Wildman–Crippen MR) is 78.5 cm³/mol. The van der Waals surface area contributed by atoms with Crippen molar-refractivity contribution in [1.29, 1.82) is 0 Å². The van der Waals surface area contributed by atoms with Crippen molar-refractivity contribution in [3.63, 3.8) is 0 Å². The molecule has 0 atom stereocenters. The molecule has 0 spiro atoms. The topological polar surface area (TPSA) is 63.2 Å². The van der Waals surface area contributed by atoms with Gasteiger partial charge in [-0.1, -0.05) is 13.2 Å². The molecule has 0 aliphatic carbocycles. The van der Waals surface area contributed by atoms with Crippen LogP contribution in [0.5, 0.6) is 0 Å². The number of carbonyl (C=O) groups is 1. The fraction of sp³-hybridized carbons (Fsp3) is 0.667. The summed E-state index contributed by atoms with van der Waals surface area (Å²) in [6.07, 6.45) is 0. The third-order valence-corrected chi connectivity index (χ3v) is 2.21. The van der Waals surface area contributed by atoms with E-state index in [1.807, 2.05) is 13.8 Å². The number of hydrogen-bond donors (Lipinski definition) is 0. The number of ether oxygens (including phenoxy) is 5. The summed E-state index contributed by atoms with van der Waals surface area (Å²) in [5.74, 6) is -1.27. The van der Waals surface area contributed by atoms with Gasteiger partial charge in [0, 0.05) is 18.8 Å². The van der Waals surface area contributed by atoms with E-state index in [4.69, 9.17) is 23.7 Å². The van der Waals surface area contributed by atoms with Crippen molar-refractivity contribution >= 4 is 5.97 Å². The molecule has 0 aromatic rings. The molecule has 0 heterocycles. The second-order valence-electron chi connectivity index (χ2n) is 4.30. The Morgan fingerprint density at radius 2 is 1.52 bits per heavy atom. The minimum absolute atomic E-state index is 0.0401. The van der Waals surface area contributed by atoms with Crippen LogP contribution in [0.2, 0.25) is 0 Å². The second kappa shape index (κ2) is 10.4. The van der Waals surface area contributed by atoms with Gasteiger partial charge >= 0.3 is 11.9 Å². The first-order chi connectivity index (χ1) is 9.87. The lowest BCUT2D eigenvalue weighted by atomic mass is 10.4. The van der Waals surface area contributed by atoms with Crippen molar-refractivity contribution in [2.45, 2.75) is 33.7 Å².